The van der Waals surface area contributed by atoms with Crippen molar-refractivity contribution in [1.82, 2.24) is 0 Å². The fourth-order valence-electron chi connectivity index (χ4n) is 0.739. The largest absolute Gasteiger partial charge is 0.480 e. The fraction of sp³-hybridized carbons (Fsp3) is 0.429. The highest BCUT2D eigenvalue weighted by atomic mass is 32.3. The minimum absolute atomic E-state index is 0.0128. The first kappa shape index (κ1) is 16.1. The van der Waals surface area contributed by atoms with E-state index in [0.29, 0.717) is 0 Å². The Kier molecular flexibility index (Phi) is 4.92. The van der Waals surface area contributed by atoms with Crippen LogP contribution in [0, 0.1) is 0 Å². The zero-order valence-electron chi connectivity index (χ0n) is 8.44. The van der Waals surface area contributed by atoms with E-state index < -0.39 is 31.3 Å². The Morgan fingerprint density at radius 2 is 1.71 bits per heavy atom. The van der Waals surface area contributed by atoms with Gasteiger partial charge in [-0.25, -0.2) is 16.8 Å². The number of nitrogens with zero attached hydrogens (tertiary/aromatic N) is 1. The summed E-state index contributed by atoms with van der Waals surface area (Å²) in [5, 5.41) is 0. The quantitative estimate of drug-likeness (QED) is 0.697. The van der Waals surface area contributed by atoms with Gasteiger partial charge in [-0.05, 0) is 6.42 Å². The summed E-state index contributed by atoms with van der Waals surface area (Å²) in [6, 6.07) is 0. The molecule has 0 aromatic carbocycles. The minimum Gasteiger partial charge on any atom is -0.428 e. The summed E-state index contributed by atoms with van der Waals surface area (Å²) in [6.45, 7) is 6.50. The first-order valence-electron chi connectivity index (χ1n) is 3.97. The van der Waals surface area contributed by atoms with Gasteiger partial charge >= 0.3 is 5.51 Å². The van der Waals surface area contributed by atoms with Crippen LogP contribution in [0.4, 0.5) is 13.2 Å². The summed E-state index contributed by atoms with van der Waals surface area (Å²) in [7, 11) is -10.8. The minimum atomic E-state index is -6.05. The van der Waals surface area contributed by atoms with E-state index in [2.05, 4.69) is 13.2 Å². The van der Waals surface area contributed by atoms with Crippen molar-refractivity contribution >= 4 is 20.0 Å². The monoisotopic (exact) mass is 292 g/mol. The van der Waals surface area contributed by atoms with Crippen molar-refractivity contribution in [1.29, 1.82) is 0 Å². The summed E-state index contributed by atoms with van der Waals surface area (Å²) >= 11 is 0. The standard InChI is InChI=1S/C7H9F3NO4S2/c1-3-4-6(2)5-16(12,13)11-17(14,15)7(8,9)10/h3H,1-2,4-5H2/q-1. The number of hydrogen-bond donors (Lipinski definition) is 0. The van der Waals surface area contributed by atoms with Crippen LogP contribution in [0.2, 0.25) is 0 Å². The van der Waals surface area contributed by atoms with Crippen LogP contribution in [0.15, 0.2) is 24.8 Å². The number of alkyl halides is 3. The predicted molar refractivity (Wildman–Crippen MR) is 56.1 cm³/mol. The lowest BCUT2D eigenvalue weighted by molar-refractivity contribution is -0.0425. The number of rotatable bonds is 6. The molecule has 5 nitrogen and oxygen atoms in total. The molecule has 0 bridgehead atoms. The van der Waals surface area contributed by atoms with Crippen molar-refractivity contribution in [3.05, 3.63) is 28.9 Å². The molecule has 0 aliphatic rings. The molecule has 0 radical (unpaired) electrons. The van der Waals surface area contributed by atoms with E-state index in [1.54, 1.807) is 0 Å². The maximum absolute atomic E-state index is 11.9. The Labute approximate surface area is 97.1 Å². The molecule has 0 aliphatic heterocycles. The van der Waals surface area contributed by atoms with E-state index in [0.717, 1.165) is 0 Å². The third-order valence-electron chi connectivity index (χ3n) is 1.32. The van der Waals surface area contributed by atoms with Crippen molar-refractivity contribution in [2.24, 2.45) is 0 Å². The lowest BCUT2D eigenvalue weighted by Crippen LogP contribution is -2.25. The first-order chi connectivity index (χ1) is 7.41. The first-order valence-corrected chi connectivity index (χ1v) is 7.02. The van der Waals surface area contributed by atoms with Crippen molar-refractivity contribution < 1.29 is 30.0 Å². The van der Waals surface area contributed by atoms with Crippen LogP contribution < -0.4 is 0 Å². The van der Waals surface area contributed by atoms with Crippen LogP contribution in [0.25, 0.3) is 4.13 Å². The van der Waals surface area contributed by atoms with Crippen LogP contribution >= 0.6 is 0 Å². The third-order valence-corrected chi connectivity index (χ3v) is 4.38. The Hall–Kier alpha value is -0.870. The molecule has 0 atom stereocenters. The molecule has 0 spiro atoms. The second kappa shape index (κ2) is 5.19. The second-order valence-electron chi connectivity index (χ2n) is 2.96. The van der Waals surface area contributed by atoms with Crippen LogP contribution in [0.5, 0.6) is 0 Å². The zero-order chi connectivity index (χ0) is 13.9. The van der Waals surface area contributed by atoms with Crippen molar-refractivity contribution in [3.63, 3.8) is 0 Å². The number of halogens is 3. The predicted octanol–water partition coefficient (Wildman–Crippen LogP) is 1.67. The lowest BCUT2D eigenvalue weighted by Gasteiger charge is -2.22. The van der Waals surface area contributed by atoms with E-state index in [-0.39, 0.29) is 12.0 Å². The van der Waals surface area contributed by atoms with E-state index in [9.17, 15) is 30.0 Å². The van der Waals surface area contributed by atoms with E-state index >= 15 is 0 Å². The Morgan fingerprint density at radius 3 is 2.06 bits per heavy atom. The van der Waals surface area contributed by atoms with Crippen LogP contribution in [0.3, 0.4) is 0 Å². The van der Waals surface area contributed by atoms with Crippen molar-refractivity contribution in [2.45, 2.75) is 11.9 Å². The Bertz CT molecular complexity index is 504. The van der Waals surface area contributed by atoms with Crippen molar-refractivity contribution in [2.75, 3.05) is 5.75 Å². The van der Waals surface area contributed by atoms with Gasteiger partial charge in [0.15, 0.2) is 10.0 Å². The second-order valence-corrected chi connectivity index (χ2v) is 6.43. The van der Waals surface area contributed by atoms with E-state index in [4.69, 9.17) is 0 Å². The fourth-order valence-corrected chi connectivity index (χ4v) is 3.12. The molecule has 10 heteroatoms. The maximum Gasteiger partial charge on any atom is 0.480 e. The molecular formula is C7H9F3NO4S2-. The SMILES string of the molecule is C=CCC(=C)CS(=O)(=O)[N-]S(=O)(=O)C(F)(F)F. The smallest absolute Gasteiger partial charge is 0.428 e. The highest BCUT2D eigenvalue weighted by Gasteiger charge is 2.40. The van der Waals surface area contributed by atoms with Gasteiger partial charge in [0.05, 0.1) is 15.8 Å². The topological polar surface area (TPSA) is 82.4 Å². The average molecular weight is 292 g/mol. The average Bonchev–Trinajstić information content (AvgIpc) is 1.97. The van der Waals surface area contributed by atoms with Gasteiger partial charge in [-0.1, -0.05) is 18.2 Å². The molecule has 100 valence electrons. The molecule has 0 aliphatic carbocycles. The van der Waals surface area contributed by atoms with Crippen LogP contribution in [-0.4, -0.2) is 28.1 Å². The van der Waals surface area contributed by atoms with Crippen LogP contribution in [0.1, 0.15) is 6.42 Å². The molecule has 0 aromatic rings. The van der Waals surface area contributed by atoms with Gasteiger partial charge in [-0.15, -0.1) is 6.58 Å². The highest BCUT2D eigenvalue weighted by molar-refractivity contribution is 8.12. The molecule has 0 rings (SSSR count). The van der Waals surface area contributed by atoms with Gasteiger partial charge in [0.2, 0.25) is 0 Å². The van der Waals surface area contributed by atoms with Gasteiger partial charge in [0.1, 0.15) is 0 Å². The summed E-state index contributed by atoms with van der Waals surface area (Å²) < 4.78 is 80.5. The summed E-state index contributed by atoms with van der Waals surface area (Å²) in [5.41, 5.74) is -5.75. The molecule has 0 N–H and O–H groups in total. The molecule has 0 saturated heterocycles. The molecule has 0 unspecified atom stereocenters. The summed E-state index contributed by atoms with van der Waals surface area (Å²) in [4.78, 5) is 0. The molecule has 0 saturated carbocycles. The molecule has 0 aromatic heterocycles. The molecule has 17 heavy (non-hydrogen) atoms. The molecule has 0 fully saturated rings. The van der Waals surface area contributed by atoms with Crippen molar-refractivity contribution in [3.8, 4) is 0 Å². The van der Waals surface area contributed by atoms with E-state index in [1.165, 1.54) is 6.08 Å². The molecule has 0 heterocycles. The number of hydrogen-bond acceptors (Lipinski definition) is 4. The number of allylic oxidation sites excluding steroid dienone is 1. The van der Waals surface area contributed by atoms with Gasteiger partial charge in [-0.2, -0.15) is 13.2 Å². The number of sulfonamides is 2. The van der Waals surface area contributed by atoms with Gasteiger partial charge in [0.25, 0.3) is 0 Å². The van der Waals surface area contributed by atoms with Gasteiger partial charge in [-0.3, -0.25) is 0 Å². The summed E-state index contributed by atoms with van der Waals surface area (Å²) in [5.74, 6) is -0.978. The van der Waals surface area contributed by atoms with Gasteiger partial charge in [0, 0.05) is 0 Å². The lowest BCUT2D eigenvalue weighted by atomic mass is 10.2. The third kappa shape index (κ3) is 5.33. The Morgan fingerprint density at radius 1 is 1.24 bits per heavy atom. The molecular weight excluding hydrogens is 283 g/mol. The highest BCUT2D eigenvalue weighted by Crippen LogP contribution is 2.30. The normalized spacial score (nSPS) is 13.4. The van der Waals surface area contributed by atoms with Gasteiger partial charge < -0.3 is 4.13 Å². The summed E-state index contributed by atoms with van der Waals surface area (Å²) in [6.07, 6.45) is 1.30. The zero-order valence-corrected chi connectivity index (χ0v) is 10.1. The van der Waals surface area contributed by atoms with Crippen LogP contribution in [-0.2, 0) is 20.0 Å². The van der Waals surface area contributed by atoms with E-state index in [1.807, 2.05) is 4.13 Å². The Balaban J connectivity index is 4.92. The molecule has 0 amide bonds. The maximum atomic E-state index is 11.9.